The quantitative estimate of drug-likeness (QED) is 0.630. The van der Waals surface area contributed by atoms with Gasteiger partial charge in [0.15, 0.2) is 0 Å². The van der Waals surface area contributed by atoms with Gasteiger partial charge in [-0.2, -0.15) is 0 Å². The molecule has 0 bridgehead atoms. The Morgan fingerprint density at radius 1 is 1.07 bits per heavy atom. The molecule has 0 radical (unpaired) electrons. The average molecular weight is 369 g/mol. The van der Waals surface area contributed by atoms with Crippen LogP contribution in [0.25, 0.3) is 0 Å². The van der Waals surface area contributed by atoms with Crippen LogP contribution in [-0.4, -0.2) is 31.0 Å². The van der Waals surface area contributed by atoms with E-state index in [1.54, 1.807) is 24.3 Å². The van der Waals surface area contributed by atoms with E-state index in [-0.39, 0.29) is 24.4 Å². The molecule has 0 aliphatic heterocycles. The van der Waals surface area contributed by atoms with E-state index in [4.69, 9.17) is 4.74 Å². The van der Waals surface area contributed by atoms with Gasteiger partial charge in [-0.1, -0.05) is 25.1 Å². The van der Waals surface area contributed by atoms with Gasteiger partial charge in [0.25, 0.3) is 5.91 Å². The monoisotopic (exact) mass is 369 g/mol. The Morgan fingerprint density at radius 3 is 2.59 bits per heavy atom. The van der Waals surface area contributed by atoms with Gasteiger partial charge in [0.05, 0.1) is 18.8 Å². The van der Waals surface area contributed by atoms with Crippen LogP contribution in [0.5, 0.6) is 5.75 Å². The van der Waals surface area contributed by atoms with Crippen LogP contribution in [0, 0.1) is 0 Å². The van der Waals surface area contributed by atoms with Crippen molar-refractivity contribution >= 4 is 23.2 Å². The van der Waals surface area contributed by atoms with Crippen molar-refractivity contribution in [3.63, 3.8) is 0 Å². The van der Waals surface area contributed by atoms with E-state index in [0.29, 0.717) is 23.6 Å². The minimum absolute atomic E-state index is 0.0907. The molecular weight excluding hydrogens is 342 g/mol. The summed E-state index contributed by atoms with van der Waals surface area (Å²) in [5.74, 6) is 0.349. The van der Waals surface area contributed by atoms with Gasteiger partial charge >= 0.3 is 0 Å². The number of para-hydroxylation sites is 2. The van der Waals surface area contributed by atoms with Crippen molar-refractivity contribution in [3.05, 3.63) is 54.1 Å². The summed E-state index contributed by atoms with van der Waals surface area (Å²) >= 11 is 0. The van der Waals surface area contributed by atoms with Crippen LogP contribution in [-0.2, 0) is 4.79 Å². The van der Waals surface area contributed by atoms with Crippen LogP contribution < -0.4 is 20.7 Å². The van der Waals surface area contributed by atoms with Crippen molar-refractivity contribution in [2.75, 3.05) is 23.8 Å². The van der Waals surface area contributed by atoms with E-state index < -0.39 is 0 Å². The molecule has 3 N–H and O–H groups in total. The standard InChI is InChI=1S/C21H27N3O3/c1-4-15(3)23-21(26)16-9-8-10-17(13-16)24-20(25)14-22-18-11-6-7-12-19(18)27-5-2/h6-13,15,22H,4-5,14H2,1-3H3,(H,23,26)(H,24,25). The summed E-state index contributed by atoms with van der Waals surface area (Å²) in [6, 6.07) is 14.5. The molecule has 1 atom stereocenters. The van der Waals surface area contributed by atoms with Gasteiger partial charge in [-0.3, -0.25) is 9.59 Å². The highest BCUT2D eigenvalue weighted by atomic mass is 16.5. The molecule has 2 aromatic carbocycles. The van der Waals surface area contributed by atoms with Crippen LogP contribution in [0.3, 0.4) is 0 Å². The van der Waals surface area contributed by atoms with Gasteiger partial charge in [0.1, 0.15) is 5.75 Å². The molecule has 0 saturated heterocycles. The zero-order chi connectivity index (χ0) is 19.6. The van der Waals surface area contributed by atoms with Crippen LogP contribution >= 0.6 is 0 Å². The van der Waals surface area contributed by atoms with Crippen molar-refractivity contribution in [1.29, 1.82) is 0 Å². The summed E-state index contributed by atoms with van der Waals surface area (Å²) in [5, 5.41) is 8.79. The van der Waals surface area contributed by atoms with Gasteiger partial charge in [-0.25, -0.2) is 0 Å². The minimum Gasteiger partial charge on any atom is -0.492 e. The Kier molecular flexibility index (Phi) is 7.67. The number of carbonyl (C=O) groups excluding carboxylic acids is 2. The SMILES string of the molecule is CCOc1ccccc1NCC(=O)Nc1cccc(C(=O)NC(C)CC)c1. The fourth-order valence-electron chi connectivity index (χ4n) is 2.42. The molecule has 6 heteroatoms. The fraction of sp³-hybridized carbons (Fsp3) is 0.333. The third kappa shape index (κ3) is 6.33. The van der Waals surface area contributed by atoms with E-state index in [2.05, 4.69) is 16.0 Å². The molecule has 0 spiro atoms. The lowest BCUT2D eigenvalue weighted by molar-refractivity contribution is -0.114. The topological polar surface area (TPSA) is 79.5 Å². The molecule has 2 amide bonds. The number of benzene rings is 2. The molecule has 0 fully saturated rings. The second kappa shape index (κ2) is 10.2. The first kappa shape index (κ1) is 20.3. The lowest BCUT2D eigenvalue weighted by atomic mass is 10.1. The van der Waals surface area contributed by atoms with Crippen LogP contribution in [0.4, 0.5) is 11.4 Å². The summed E-state index contributed by atoms with van der Waals surface area (Å²) in [6.45, 7) is 6.52. The second-order valence-corrected chi connectivity index (χ2v) is 6.19. The Hall–Kier alpha value is -3.02. The molecule has 27 heavy (non-hydrogen) atoms. The number of hydrogen-bond donors (Lipinski definition) is 3. The molecule has 144 valence electrons. The Bertz CT molecular complexity index is 777. The summed E-state index contributed by atoms with van der Waals surface area (Å²) in [7, 11) is 0. The van der Waals surface area contributed by atoms with E-state index >= 15 is 0 Å². The highest BCUT2D eigenvalue weighted by Crippen LogP contribution is 2.23. The number of rotatable bonds is 9. The first-order chi connectivity index (χ1) is 13.0. The van der Waals surface area contributed by atoms with Crippen LogP contribution in [0.2, 0.25) is 0 Å². The van der Waals surface area contributed by atoms with Gasteiger partial charge in [0.2, 0.25) is 5.91 Å². The lowest BCUT2D eigenvalue weighted by Gasteiger charge is -2.13. The van der Waals surface area contributed by atoms with E-state index in [1.165, 1.54) is 0 Å². The van der Waals surface area contributed by atoms with Crippen molar-refractivity contribution in [3.8, 4) is 5.75 Å². The number of carbonyl (C=O) groups is 2. The normalized spacial score (nSPS) is 11.4. The van der Waals surface area contributed by atoms with Gasteiger partial charge in [-0.05, 0) is 50.6 Å². The molecule has 1 unspecified atom stereocenters. The van der Waals surface area contributed by atoms with Crippen molar-refractivity contribution in [1.82, 2.24) is 5.32 Å². The molecular formula is C21H27N3O3. The lowest BCUT2D eigenvalue weighted by Crippen LogP contribution is -2.32. The number of anilines is 2. The minimum atomic E-state index is -0.208. The van der Waals surface area contributed by atoms with E-state index in [9.17, 15) is 9.59 Å². The zero-order valence-electron chi connectivity index (χ0n) is 16.0. The maximum atomic E-state index is 12.2. The molecule has 6 nitrogen and oxygen atoms in total. The summed E-state index contributed by atoms with van der Waals surface area (Å²) in [6.07, 6.45) is 0.858. The number of nitrogens with one attached hydrogen (secondary N) is 3. The predicted molar refractivity (Wildman–Crippen MR) is 108 cm³/mol. The van der Waals surface area contributed by atoms with Gasteiger partial charge < -0.3 is 20.7 Å². The predicted octanol–water partition coefficient (Wildman–Crippen LogP) is 3.66. The number of ether oxygens (including phenoxy) is 1. The van der Waals surface area contributed by atoms with Crippen molar-refractivity contribution in [2.24, 2.45) is 0 Å². The van der Waals surface area contributed by atoms with Crippen LogP contribution in [0.15, 0.2) is 48.5 Å². The second-order valence-electron chi connectivity index (χ2n) is 6.19. The summed E-state index contributed by atoms with van der Waals surface area (Å²) in [4.78, 5) is 24.5. The van der Waals surface area contributed by atoms with E-state index in [0.717, 1.165) is 12.1 Å². The fourth-order valence-corrected chi connectivity index (χ4v) is 2.42. The third-order valence-electron chi connectivity index (χ3n) is 4.02. The van der Waals surface area contributed by atoms with Gasteiger partial charge in [-0.15, -0.1) is 0 Å². The van der Waals surface area contributed by atoms with E-state index in [1.807, 2.05) is 45.0 Å². The first-order valence-corrected chi connectivity index (χ1v) is 9.20. The smallest absolute Gasteiger partial charge is 0.251 e. The molecule has 0 aromatic heterocycles. The van der Waals surface area contributed by atoms with Gasteiger partial charge in [0, 0.05) is 17.3 Å². The maximum absolute atomic E-state index is 12.2. The summed E-state index contributed by atoms with van der Waals surface area (Å²) < 4.78 is 5.53. The maximum Gasteiger partial charge on any atom is 0.251 e. The molecule has 0 heterocycles. The molecule has 2 aromatic rings. The Labute approximate surface area is 160 Å². The number of amides is 2. The highest BCUT2D eigenvalue weighted by molar-refractivity contribution is 5.98. The third-order valence-corrected chi connectivity index (χ3v) is 4.02. The molecule has 0 aliphatic carbocycles. The number of hydrogen-bond acceptors (Lipinski definition) is 4. The first-order valence-electron chi connectivity index (χ1n) is 9.20. The highest BCUT2D eigenvalue weighted by Gasteiger charge is 2.10. The Balaban J connectivity index is 1.94. The zero-order valence-corrected chi connectivity index (χ0v) is 16.0. The average Bonchev–Trinajstić information content (AvgIpc) is 2.67. The van der Waals surface area contributed by atoms with Crippen molar-refractivity contribution in [2.45, 2.75) is 33.2 Å². The van der Waals surface area contributed by atoms with Crippen LogP contribution in [0.1, 0.15) is 37.6 Å². The Morgan fingerprint density at radius 2 is 1.85 bits per heavy atom. The molecule has 0 aliphatic rings. The summed E-state index contributed by atoms with van der Waals surface area (Å²) in [5.41, 5.74) is 1.86. The largest absolute Gasteiger partial charge is 0.492 e. The van der Waals surface area contributed by atoms with Crippen molar-refractivity contribution < 1.29 is 14.3 Å². The molecule has 0 saturated carbocycles. The molecule has 2 rings (SSSR count).